The Labute approximate surface area is 326 Å². The molecule has 6 aliphatic rings. The van der Waals surface area contributed by atoms with Crippen LogP contribution in [0.4, 0.5) is 0 Å². The van der Waals surface area contributed by atoms with Crippen LogP contribution in [0.3, 0.4) is 0 Å². The third-order valence-corrected chi connectivity index (χ3v) is 16.9. The van der Waals surface area contributed by atoms with Crippen molar-refractivity contribution < 1.29 is 24.0 Å². The lowest BCUT2D eigenvalue weighted by atomic mass is 9.73. The van der Waals surface area contributed by atoms with Crippen LogP contribution in [-0.4, -0.2) is 95.2 Å². The number of hydrogen-bond donors (Lipinski definition) is 1. The average Bonchev–Trinajstić information content (AvgIpc) is 3.28. The molecule has 0 radical (unpaired) electrons. The molecule has 0 aromatic heterocycles. The van der Waals surface area contributed by atoms with Gasteiger partial charge in [0, 0.05) is 74.8 Å². The first-order valence-corrected chi connectivity index (χ1v) is 21.9. The van der Waals surface area contributed by atoms with E-state index in [9.17, 15) is 19.2 Å². The number of nitrogens with two attached hydrogens (primary N) is 1. The van der Waals surface area contributed by atoms with E-state index in [1.165, 1.54) is 38.5 Å². The van der Waals surface area contributed by atoms with E-state index in [4.69, 9.17) is 5.73 Å². The summed E-state index contributed by atoms with van der Waals surface area (Å²) in [6, 6.07) is 0.283. The van der Waals surface area contributed by atoms with E-state index >= 15 is 4.79 Å². The van der Waals surface area contributed by atoms with Gasteiger partial charge in [-0.2, -0.15) is 0 Å². The maximum atomic E-state index is 15.1. The Hall–Kier alpha value is -2.13. The minimum absolute atomic E-state index is 0.00128. The van der Waals surface area contributed by atoms with Gasteiger partial charge in [-0.1, -0.05) is 92.4 Å². The summed E-state index contributed by atoms with van der Waals surface area (Å²) >= 11 is 0. The zero-order valence-corrected chi connectivity index (χ0v) is 35.2. The van der Waals surface area contributed by atoms with Crippen molar-refractivity contribution in [2.75, 3.05) is 33.2 Å². The number of ketones is 3. The maximum absolute atomic E-state index is 15.1. The Balaban J connectivity index is 1.22. The molecule has 4 saturated carbocycles. The van der Waals surface area contributed by atoms with Gasteiger partial charge in [0.25, 0.3) is 5.91 Å². The lowest BCUT2D eigenvalue weighted by molar-refractivity contribution is -0.147. The van der Waals surface area contributed by atoms with Crippen LogP contribution >= 0.6 is 0 Å². The highest BCUT2D eigenvalue weighted by atomic mass is 16.2. The molecule has 7 atom stereocenters. The van der Waals surface area contributed by atoms with Crippen molar-refractivity contribution in [1.82, 2.24) is 14.7 Å². The molecule has 6 fully saturated rings. The smallest absolute Gasteiger partial charge is 0.285 e. The Bertz CT molecular complexity index is 1430. The first-order valence-electron chi connectivity index (χ1n) is 21.9. The number of carbonyl (C=O) groups is 5. The van der Waals surface area contributed by atoms with Crippen LogP contribution in [0.15, 0.2) is 0 Å². The number of likely N-dealkylation sites (tertiary alicyclic amines) is 1. The summed E-state index contributed by atoms with van der Waals surface area (Å²) in [6.45, 7) is 18.9. The van der Waals surface area contributed by atoms with Crippen molar-refractivity contribution in [3.63, 3.8) is 0 Å². The first kappa shape index (κ1) is 41.5. The average molecular weight is 751 g/mol. The van der Waals surface area contributed by atoms with E-state index < -0.39 is 35.0 Å². The summed E-state index contributed by atoms with van der Waals surface area (Å²) < 4.78 is 0. The topological polar surface area (TPSA) is 121 Å². The van der Waals surface area contributed by atoms with Crippen LogP contribution in [0, 0.1) is 51.2 Å². The minimum Gasteiger partial charge on any atom is -0.363 e. The number of likely N-dealkylation sites (N-methyl/N-ethyl adjacent to an activating group) is 1. The van der Waals surface area contributed by atoms with Crippen LogP contribution in [0.25, 0.3) is 0 Å². The molecule has 0 aromatic carbocycles. The number of Topliss-reactive ketones (excluding diaryl/α,β-unsaturated/α-hetero) is 3. The molecule has 0 bridgehead atoms. The lowest BCUT2D eigenvalue weighted by Gasteiger charge is -2.44. The summed E-state index contributed by atoms with van der Waals surface area (Å²) in [7, 11) is 2.21. The summed E-state index contributed by atoms with van der Waals surface area (Å²) in [5, 5.41) is 0. The molecule has 2 aliphatic heterocycles. The molecule has 4 aliphatic carbocycles. The third kappa shape index (κ3) is 7.64. The summed E-state index contributed by atoms with van der Waals surface area (Å²) in [5.74, 6) is -1.82. The van der Waals surface area contributed by atoms with Gasteiger partial charge in [0.05, 0.1) is 6.04 Å². The standard InChI is InChI=1S/C45H74N4O5/c1-29-25-48(26-30(2)47(29)8)27-34(32-16-10-9-11-17-32)21-35(50)23-36(42(3,4)5)41(54)49-28-45(43(6,7)44(45)18-13-19-44)24-37(49)38(51)22-33(39(52)40(46)53)20-31-14-12-15-31/h29-34,36-37H,9-28H2,1-8H3,(H2,46,53)/t29-,30+,33?,34-,36-,37+,45-/m1/s1. The number of nitrogens with zero attached hydrogens (tertiary/aromatic N) is 3. The molecule has 54 heavy (non-hydrogen) atoms. The van der Waals surface area contributed by atoms with Crippen LogP contribution in [0.1, 0.15) is 151 Å². The number of carbonyl (C=O) groups excluding carboxylic acids is 5. The van der Waals surface area contributed by atoms with Crippen molar-refractivity contribution in [3.8, 4) is 0 Å². The fourth-order valence-corrected chi connectivity index (χ4v) is 12.7. The van der Waals surface area contributed by atoms with Gasteiger partial charge >= 0.3 is 0 Å². The van der Waals surface area contributed by atoms with E-state index in [0.717, 1.165) is 51.7 Å². The van der Waals surface area contributed by atoms with Crippen molar-refractivity contribution in [3.05, 3.63) is 0 Å². The molecule has 0 aromatic rings. The zero-order valence-electron chi connectivity index (χ0n) is 35.2. The minimum atomic E-state index is -0.978. The molecule has 2 heterocycles. The van der Waals surface area contributed by atoms with Gasteiger partial charge in [-0.15, -0.1) is 0 Å². The van der Waals surface area contributed by atoms with Gasteiger partial charge in [-0.25, -0.2) is 0 Å². The fourth-order valence-electron chi connectivity index (χ4n) is 12.7. The fraction of sp³-hybridized carbons (Fsp3) is 0.889. The van der Waals surface area contributed by atoms with Gasteiger partial charge in [-0.05, 0) is 80.6 Å². The Morgan fingerprint density at radius 1 is 0.815 bits per heavy atom. The highest BCUT2D eigenvalue weighted by Gasteiger charge is 2.85. The number of rotatable bonds is 15. The van der Waals surface area contributed by atoms with Crippen molar-refractivity contribution in [2.45, 2.75) is 169 Å². The molecule has 2 amide bonds. The molecule has 9 heteroatoms. The monoisotopic (exact) mass is 751 g/mol. The molecular formula is C45H74N4O5. The molecular weight excluding hydrogens is 677 g/mol. The lowest BCUT2D eigenvalue weighted by Crippen LogP contribution is -2.56. The van der Waals surface area contributed by atoms with Gasteiger partial charge in [0.15, 0.2) is 5.78 Å². The van der Waals surface area contributed by atoms with E-state index in [1.807, 2.05) is 4.90 Å². The van der Waals surface area contributed by atoms with Crippen LogP contribution < -0.4 is 5.73 Å². The zero-order chi connectivity index (χ0) is 39.4. The Morgan fingerprint density at radius 2 is 1.44 bits per heavy atom. The normalized spacial score (nSPS) is 31.8. The van der Waals surface area contributed by atoms with E-state index in [1.54, 1.807) is 0 Å². The molecule has 6 rings (SSSR count). The van der Waals surface area contributed by atoms with Gasteiger partial charge in [0.2, 0.25) is 11.7 Å². The predicted octanol–water partition coefficient (Wildman–Crippen LogP) is 6.84. The van der Waals surface area contributed by atoms with Crippen LogP contribution in [0.5, 0.6) is 0 Å². The number of fused-ring (bicyclic) bond motifs is 1. The van der Waals surface area contributed by atoms with Crippen molar-refractivity contribution >= 4 is 29.2 Å². The van der Waals surface area contributed by atoms with E-state index in [2.05, 4.69) is 65.3 Å². The molecule has 304 valence electrons. The van der Waals surface area contributed by atoms with Crippen molar-refractivity contribution in [1.29, 1.82) is 0 Å². The Kier molecular flexibility index (Phi) is 12.0. The summed E-state index contributed by atoms with van der Waals surface area (Å²) in [4.78, 5) is 76.1. The number of hydrogen-bond acceptors (Lipinski definition) is 7. The number of amides is 2. The molecule has 2 N–H and O–H groups in total. The van der Waals surface area contributed by atoms with Crippen molar-refractivity contribution in [2.24, 2.45) is 57.0 Å². The van der Waals surface area contributed by atoms with Crippen LogP contribution in [-0.2, 0) is 24.0 Å². The summed E-state index contributed by atoms with van der Waals surface area (Å²) in [5.41, 5.74) is 5.00. The maximum Gasteiger partial charge on any atom is 0.285 e. The van der Waals surface area contributed by atoms with Gasteiger partial charge in [-0.3, -0.25) is 33.8 Å². The first-order chi connectivity index (χ1) is 25.3. The number of primary amides is 1. The van der Waals surface area contributed by atoms with Gasteiger partial charge in [0.1, 0.15) is 5.78 Å². The largest absolute Gasteiger partial charge is 0.363 e. The SMILES string of the molecule is C[C@@H]1CN(C[C@@H](CC(=O)C[C@H](C(=O)N2C[C@]3(C[C@H]2C(=O)CC(CC2CCC2)C(=O)C(N)=O)C(C)(C)C32CCC2)C(C)(C)C)C2CCCCC2)C[C@H](C)N1C. The quantitative estimate of drug-likeness (QED) is 0.182. The van der Waals surface area contributed by atoms with E-state index in [0.29, 0.717) is 49.7 Å². The second-order valence-corrected chi connectivity index (χ2v) is 21.1. The predicted molar refractivity (Wildman–Crippen MR) is 212 cm³/mol. The van der Waals surface area contributed by atoms with Gasteiger partial charge < -0.3 is 10.6 Å². The Morgan fingerprint density at radius 3 is 1.94 bits per heavy atom. The summed E-state index contributed by atoms with van der Waals surface area (Å²) in [6.07, 6.45) is 14.3. The highest BCUT2D eigenvalue weighted by Crippen LogP contribution is 2.88. The highest BCUT2D eigenvalue weighted by molar-refractivity contribution is 6.36. The molecule has 2 spiro atoms. The molecule has 1 unspecified atom stereocenters. The second-order valence-electron chi connectivity index (χ2n) is 21.1. The van der Waals surface area contributed by atoms with Crippen LogP contribution in [0.2, 0.25) is 0 Å². The third-order valence-electron chi connectivity index (χ3n) is 16.9. The molecule has 9 nitrogen and oxygen atoms in total. The van der Waals surface area contributed by atoms with E-state index in [-0.39, 0.29) is 52.5 Å². The number of piperazine rings is 1. The second kappa shape index (κ2) is 15.7. The molecule has 2 saturated heterocycles.